The third kappa shape index (κ3) is 4.45. The molecule has 0 aromatic carbocycles. The molecule has 1 fully saturated rings. The normalized spacial score (nSPS) is 28.7. The van der Waals surface area contributed by atoms with E-state index in [1.807, 2.05) is 0 Å². The minimum absolute atomic E-state index is 0.830. The van der Waals surface area contributed by atoms with Crippen LogP contribution in [0.3, 0.4) is 0 Å². The van der Waals surface area contributed by atoms with Gasteiger partial charge in [0.05, 0.1) is 0 Å². The van der Waals surface area contributed by atoms with Gasteiger partial charge in [-0.25, -0.2) is 0 Å². The molecule has 0 bridgehead atoms. The summed E-state index contributed by atoms with van der Waals surface area (Å²) in [6.45, 7) is 5.78. The second-order valence-corrected chi connectivity index (χ2v) is 4.81. The lowest BCUT2D eigenvalue weighted by atomic mass is 9.95. The fraction of sp³-hybridized carbons (Fsp3) is 1.00. The highest BCUT2D eigenvalue weighted by Crippen LogP contribution is 2.26. The zero-order valence-corrected chi connectivity index (χ0v) is 10.0. The lowest BCUT2D eigenvalue weighted by molar-refractivity contribution is 0.410. The van der Waals surface area contributed by atoms with Crippen LogP contribution < -0.4 is 5.32 Å². The van der Waals surface area contributed by atoms with Crippen molar-refractivity contribution in [2.75, 3.05) is 6.54 Å². The highest BCUT2D eigenvalue weighted by atomic mass is 14.9. The van der Waals surface area contributed by atoms with Gasteiger partial charge in [0.15, 0.2) is 0 Å². The Balaban J connectivity index is 2.19. The average molecular weight is 197 g/mol. The van der Waals surface area contributed by atoms with E-state index in [0.29, 0.717) is 0 Å². The zero-order valence-electron chi connectivity index (χ0n) is 10.0. The third-order valence-corrected chi connectivity index (χ3v) is 3.47. The van der Waals surface area contributed by atoms with Gasteiger partial charge in [0.25, 0.3) is 0 Å². The quantitative estimate of drug-likeness (QED) is 0.662. The Kier molecular flexibility index (Phi) is 6.25. The van der Waals surface area contributed by atoms with Crippen molar-refractivity contribution in [3.63, 3.8) is 0 Å². The molecule has 0 saturated heterocycles. The predicted octanol–water partition coefficient (Wildman–Crippen LogP) is 3.74. The molecule has 1 saturated carbocycles. The number of nitrogens with one attached hydrogen (secondary N) is 1. The van der Waals surface area contributed by atoms with E-state index in [4.69, 9.17) is 0 Å². The molecular weight excluding hydrogens is 170 g/mol. The van der Waals surface area contributed by atoms with Crippen LogP contribution in [0.1, 0.15) is 65.2 Å². The van der Waals surface area contributed by atoms with Gasteiger partial charge in [-0.05, 0) is 38.1 Å². The highest BCUT2D eigenvalue weighted by Gasteiger charge is 2.17. The molecule has 0 aromatic rings. The van der Waals surface area contributed by atoms with E-state index < -0.39 is 0 Å². The van der Waals surface area contributed by atoms with E-state index in [0.717, 1.165) is 12.0 Å². The van der Waals surface area contributed by atoms with E-state index in [1.165, 1.54) is 57.9 Å². The predicted molar refractivity (Wildman–Crippen MR) is 63.6 cm³/mol. The average Bonchev–Trinajstić information content (AvgIpc) is 2.41. The minimum Gasteiger partial charge on any atom is -0.314 e. The summed E-state index contributed by atoms with van der Waals surface area (Å²) in [4.78, 5) is 0. The Labute approximate surface area is 89.7 Å². The SMILES string of the molecule is CCCNC1CCCC(CCC)CC1. The molecule has 0 spiro atoms. The van der Waals surface area contributed by atoms with Crippen LogP contribution in [0.5, 0.6) is 0 Å². The van der Waals surface area contributed by atoms with Crippen molar-refractivity contribution in [2.24, 2.45) is 5.92 Å². The van der Waals surface area contributed by atoms with Gasteiger partial charge in [-0.3, -0.25) is 0 Å². The van der Waals surface area contributed by atoms with Gasteiger partial charge < -0.3 is 5.32 Å². The third-order valence-electron chi connectivity index (χ3n) is 3.47. The molecule has 2 atom stereocenters. The summed E-state index contributed by atoms with van der Waals surface area (Å²) < 4.78 is 0. The largest absolute Gasteiger partial charge is 0.314 e. The van der Waals surface area contributed by atoms with Crippen LogP contribution in [0.2, 0.25) is 0 Å². The Hall–Kier alpha value is -0.0400. The first-order valence-corrected chi connectivity index (χ1v) is 6.60. The van der Waals surface area contributed by atoms with Gasteiger partial charge in [0.1, 0.15) is 0 Å². The van der Waals surface area contributed by atoms with Crippen molar-refractivity contribution >= 4 is 0 Å². The van der Waals surface area contributed by atoms with Gasteiger partial charge >= 0.3 is 0 Å². The van der Waals surface area contributed by atoms with Crippen molar-refractivity contribution < 1.29 is 0 Å². The first kappa shape index (κ1) is 12.0. The standard InChI is InChI=1S/C13H27N/c1-3-6-12-7-5-8-13(10-9-12)14-11-4-2/h12-14H,3-11H2,1-2H3. The smallest absolute Gasteiger partial charge is 0.00671 e. The second kappa shape index (κ2) is 7.28. The zero-order chi connectivity index (χ0) is 10.2. The Morgan fingerprint density at radius 2 is 1.86 bits per heavy atom. The first-order chi connectivity index (χ1) is 6.86. The maximum absolute atomic E-state index is 3.67. The molecule has 1 aliphatic carbocycles. The topological polar surface area (TPSA) is 12.0 Å². The van der Waals surface area contributed by atoms with Crippen LogP contribution in [0, 0.1) is 5.92 Å². The lowest BCUT2D eigenvalue weighted by Crippen LogP contribution is -2.29. The number of hydrogen-bond acceptors (Lipinski definition) is 1. The maximum atomic E-state index is 3.67. The van der Waals surface area contributed by atoms with Gasteiger partial charge in [0.2, 0.25) is 0 Å². The van der Waals surface area contributed by atoms with E-state index in [2.05, 4.69) is 19.2 Å². The lowest BCUT2D eigenvalue weighted by Gasteiger charge is -2.16. The van der Waals surface area contributed by atoms with Crippen LogP contribution in [-0.4, -0.2) is 12.6 Å². The summed E-state index contributed by atoms with van der Waals surface area (Å²) in [5, 5.41) is 3.67. The molecule has 84 valence electrons. The van der Waals surface area contributed by atoms with Gasteiger partial charge in [-0.1, -0.05) is 39.5 Å². The van der Waals surface area contributed by atoms with Crippen LogP contribution in [0.25, 0.3) is 0 Å². The molecule has 0 radical (unpaired) electrons. The Morgan fingerprint density at radius 1 is 1.00 bits per heavy atom. The molecule has 1 nitrogen and oxygen atoms in total. The molecule has 1 heteroatoms. The van der Waals surface area contributed by atoms with E-state index >= 15 is 0 Å². The molecule has 0 amide bonds. The first-order valence-electron chi connectivity index (χ1n) is 6.60. The fourth-order valence-electron chi connectivity index (χ4n) is 2.63. The molecule has 2 unspecified atom stereocenters. The van der Waals surface area contributed by atoms with Gasteiger partial charge in [-0.2, -0.15) is 0 Å². The molecule has 0 heterocycles. The van der Waals surface area contributed by atoms with E-state index in [-0.39, 0.29) is 0 Å². The second-order valence-electron chi connectivity index (χ2n) is 4.81. The maximum Gasteiger partial charge on any atom is 0.00671 e. The summed E-state index contributed by atoms with van der Waals surface area (Å²) in [6.07, 6.45) is 11.3. The molecule has 1 N–H and O–H groups in total. The molecule has 14 heavy (non-hydrogen) atoms. The van der Waals surface area contributed by atoms with Crippen LogP contribution >= 0.6 is 0 Å². The fourth-order valence-corrected chi connectivity index (χ4v) is 2.63. The Bertz CT molecular complexity index is 133. The monoisotopic (exact) mass is 197 g/mol. The summed E-state index contributed by atoms with van der Waals surface area (Å²) in [6, 6.07) is 0.830. The molecule has 1 rings (SSSR count). The van der Waals surface area contributed by atoms with Crippen molar-refractivity contribution in [3.8, 4) is 0 Å². The summed E-state index contributed by atoms with van der Waals surface area (Å²) in [5.74, 6) is 1.04. The van der Waals surface area contributed by atoms with Crippen LogP contribution in [0.15, 0.2) is 0 Å². The Morgan fingerprint density at radius 3 is 2.57 bits per heavy atom. The molecule has 1 aliphatic rings. The van der Waals surface area contributed by atoms with Crippen LogP contribution in [0.4, 0.5) is 0 Å². The molecular formula is C13H27N. The van der Waals surface area contributed by atoms with Crippen molar-refractivity contribution in [1.29, 1.82) is 0 Å². The van der Waals surface area contributed by atoms with Crippen molar-refractivity contribution in [2.45, 2.75) is 71.3 Å². The van der Waals surface area contributed by atoms with Gasteiger partial charge in [0, 0.05) is 6.04 Å². The molecule has 0 aliphatic heterocycles. The van der Waals surface area contributed by atoms with E-state index in [9.17, 15) is 0 Å². The van der Waals surface area contributed by atoms with E-state index in [1.54, 1.807) is 0 Å². The summed E-state index contributed by atoms with van der Waals surface area (Å²) in [5.41, 5.74) is 0. The van der Waals surface area contributed by atoms with Gasteiger partial charge in [-0.15, -0.1) is 0 Å². The summed E-state index contributed by atoms with van der Waals surface area (Å²) >= 11 is 0. The highest BCUT2D eigenvalue weighted by molar-refractivity contribution is 4.74. The number of rotatable bonds is 5. The summed E-state index contributed by atoms with van der Waals surface area (Å²) in [7, 11) is 0. The number of hydrogen-bond donors (Lipinski definition) is 1. The van der Waals surface area contributed by atoms with Crippen molar-refractivity contribution in [1.82, 2.24) is 5.32 Å². The van der Waals surface area contributed by atoms with Crippen molar-refractivity contribution in [3.05, 3.63) is 0 Å². The van der Waals surface area contributed by atoms with Crippen LogP contribution in [-0.2, 0) is 0 Å². The minimum atomic E-state index is 0.830. The molecule has 0 aromatic heterocycles.